The van der Waals surface area contributed by atoms with Crippen LogP contribution in [0.2, 0.25) is 0 Å². The van der Waals surface area contributed by atoms with Crippen LogP contribution in [-0.4, -0.2) is 80.6 Å². The van der Waals surface area contributed by atoms with Crippen molar-refractivity contribution < 1.29 is 35.8 Å². The lowest BCUT2D eigenvalue weighted by Gasteiger charge is -2.24. The van der Waals surface area contributed by atoms with E-state index in [1.807, 2.05) is 0 Å². The first kappa shape index (κ1) is 28.4. The first-order chi connectivity index (χ1) is 16.6. The highest BCUT2D eigenvalue weighted by Crippen LogP contribution is 2.32. The average Bonchev–Trinajstić information content (AvgIpc) is 2.87. The van der Waals surface area contributed by atoms with Crippen molar-refractivity contribution in [1.82, 2.24) is 8.61 Å². The van der Waals surface area contributed by atoms with Crippen molar-refractivity contribution in [3.05, 3.63) is 48.6 Å². The summed E-state index contributed by atoms with van der Waals surface area (Å²) < 4.78 is 76.1. The molecule has 35 heavy (non-hydrogen) atoms. The van der Waals surface area contributed by atoms with Crippen LogP contribution in [0, 0.1) is 0 Å². The monoisotopic (exact) mass is 528 g/mol. The lowest BCUT2D eigenvalue weighted by Crippen LogP contribution is -2.39. The van der Waals surface area contributed by atoms with Gasteiger partial charge in [0.15, 0.2) is 23.0 Å². The SMILES string of the molecule is CC=CCN(CCN(C)S(=O)(=O)c1ccc(OC)c(OC)c1)S(=O)(=O)c1ccc(OC)c(OC)c1. The molecule has 0 atom stereocenters. The number of ether oxygens (including phenoxy) is 4. The molecule has 0 spiro atoms. The van der Waals surface area contributed by atoms with Gasteiger partial charge in [0.1, 0.15) is 0 Å². The summed E-state index contributed by atoms with van der Waals surface area (Å²) in [7, 11) is -0.755. The molecule has 2 rings (SSSR count). The second kappa shape index (κ2) is 12.2. The number of likely N-dealkylation sites (N-methyl/N-ethyl adjacent to an activating group) is 1. The third-order valence-electron chi connectivity index (χ3n) is 5.27. The molecule has 0 unspecified atom stereocenters. The Morgan fingerprint density at radius 1 is 0.714 bits per heavy atom. The average molecular weight is 529 g/mol. The van der Waals surface area contributed by atoms with Crippen molar-refractivity contribution in [2.75, 3.05) is 55.1 Å². The maximum Gasteiger partial charge on any atom is 0.243 e. The summed E-state index contributed by atoms with van der Waals surface area (Å²) in [6.07, 6.45) is 3.41. The number of methoxy groups -OCH3 is 4. The van der Waals surface area contributed by atoms with Gasteiger partial charge >= 0.3 is 0 Å². The van der Waals surface area contributed by atoms with Gasteiger partial charge in [-0.15, -0.1) is 0 Å². The molecule has 0 aliphatic carbocycles. The first-order valence-electron chi connectivity index (χ1n) is 10.6. The van der Waals surface area contributed by atoms with Gasteiger partial charge in [0.25, 0.3) is 0 Å². The van der Waals surface area contributed by atoms with Crippen molar-refractivity contribution in [3.63, 3.8) is 0 Å². The first-order valence-corrected chi connectivity index (χ1v) is 13.5. The number of allylic oxidation sites excluding steroid dienone is 1. The maximum atomic E-state index is 13.4. The fourth-order valence-electron chi connectivity index (χ4n) is 3.19. The van der Waals surface area contributed by atoms with Crippen LogP contribution < -0.4 is 18.9 Å². The fourth-order valence-corrected chi connectivity index (χ4v) is 5.76. The minimum absolute atomic E-state index is 0.000372. The summed E-state index contributed by atoms with van der Waals surface area (Å²) >= 11 is 0. The van der Waals surface area contributed by atoms with Crippen LogP contribution in [0.25, 0.3) is 0 Å². The van der Waals surface area contributed by atoms with Gasteiger partial charge in [0.05, 0.1) is 38.2 Å². The van der Waals surface area contributed by atoms with Crippen molar-refractivity contribution in [2.45, 2.75) is 16.7 Å². The van der Waals surface area contributed by atoms with Crippen LogP contribution in [0.1, 0.15) is 6.92 Å². The van der Waals surface area contributed by atoms with Crippen LogP contribution in [0.5, 0.6) is 23.0 Å². The third-order valence-corrected chi connectivity index (χ3v) is 8.98. The van der Waals surface area contributed by atoms with E-state index in [1.54, 1.807) is 19.1 Å². The Labute approximate surface area is 207 Å². The van der Waals surface area contributed by atoms with Gasteiger partial charge < -0.3 is 18.9 Å². The lowest BCUT2D eigenvalue weighted by atomic mass is 10.3. The smallest absolute Gasteiger partial charge is 0.243 e. The van der Waals surface area contributed by atoms with Crippen LogP contribution in [0.3, 0.4) is 0 Å². The highest BCUT2D eigenvalue weighted by Gasteiger charge is 2.28. The molecule has 12 heteroatoms. The highest BCUT2D eigenvalue weighted by molar-refractivity contribution is 7.89. The van der Waals surface area contributed by atoms with Crippen molar-refractivity contribution >= 4 is 20.0 Å². The predicted octanol–water partition coefficient (Wildman–Crippen LogP) is 2.61. The van der Waals surface area contributed by atoms with E-state index in [-0.39, 0.29) is 40.9 Å². The zero-order valence-corrected chi connectivity index (χ0v) is 22.4. The van der Waals surface area contributed by atoms with Crippen LogP contribution in [0.15, 0.2) is 58.3 Å². The Bertz CT molecular complexity index is 1240. The lowest BCUT2D eigenvalue weighted by molar-refractivity contribution is 0.353. The molecule has 194 valence electrons. The molecule has 2 aromatic carbocycles. The Morgan fingerprint density at radius 2 is 1.17 bits per heavy atom. The second-order valence-electron chi connectivity index (χ2n) is 7.29. The molecule has 0 aliphatic heterocycles. The maximum absolute atomic E-state index is 13.4. The Morgan fingerprint density at radius 3 is 1.60 bits per heavy atom. The molecule has 0 fully saturated rings. The van der Waals surface area contributed by atoms with Gasteiger partial charge in [-0.2, -0.15) is 8.61 Å². The minimum atomic E-state index is -3.97. The van der Waals surface area contributed by atoms with Crippen LogP contribution in [-0.2, 0) is 20.0 Å². The van der Waals surface area contributed by atoms with E-state index in [4.69, 9.17) is 18.9 Å². The standard InChI is InChI=1S/C23H32N2O8S2/c1-7-8-13-25(35(28,29)19-10-12-21(31-4)23(17-19)33-6)15-14-24(2)34(26,27)18-9-11-20(30-3)22(16-18)32-5/h7-12,16-17H,13-15H2,1-6H3. The molecule has 0 saturated heterocycles. The van der Waals surface area contributed by atoms with E-state index in [1.165, 1.54) is 76.2 Å². The molecule has 0 saturated carbocycles. The molecular weight excluding hydrogens is 496 g/mol. The van der Waals surface area contributed by atoms with E-state index >= 15 is 0 Å². The van der Waals surface area contributed by atoms with E-state index in [0.717, 1.165) is 4.31 Å². The second-order valence-corrected chi connectivity index (χ2v) is 11.3. The number of sulfonamides is 2. The third kappa shape index (κ3) is 6.45. The summed E-state index contributed by atoms with van der Waals surface area (Å²) in [4.78, 5) is 0.00505. The van der Waals surface area contributed by atoms with Crippen LogP contribution >= 0.6 is 0 Å². The molecule has 0 heterocycles. The number of rotatable bonds is 13. The number of benzene rings is 2. The van der Waals surface area contributed by atoms with Gasteiger partial charge in [-0.3, -0.25) is 0 Å². The summed E-state index contributed by atoms with van der Waals surface area (Å²) in [6.45, 7) is 1.68. The quantitative estimate of drug-likeness (QED) is 0.365. The molecule has 10 nitrogen and oxygen atoms in total. The molecule has 0 aromatic heterocycles. The van der Waals surface area contributed by atoms with Crippen molar-refractivity contribution in [3.8, 4) is 23.0 Å². The molecule has 0 bridgehead atoms. The number of hydrogen-bond donors (Lipinski definition) is 0. The van der Waals surface area contributed by atoms with Crippen molar-refractivity contribution in [2.24, 2.45) is 0 Å². The zero-order valence-electron chi connectivity index (χ0n) is 20.7. The number of nitrogens with zero attached hydrogens (tertiary/aromatic N) is 2. The topological polar surface area (TPSA) is 112 Å². The normalized spacial score (nSPS) is 12.3. The van der Waals surface area contributed by atoms with Crippen molar-refractivity contribution in [1.29, 1.82) is 0 Å². The van der Waals surface area contributed by atoms with Gasteiger partial charge in [-0.25, -0.2) is 16.8 Å². The Hall–Kier alpha value is -2.80. The van der Waals surface area contributed by atoms with Gasteiger partial charge in [0.2, 0.25) is 20.0 Å². The largest absolute Gasteiger partial charge is 0.493 e. The number of hydrogen-bond acceptors (Lipinski definition) is 8. The molecule has 0 amide bonds. The Balaban J connectivity index is 2.31. The zero-order chi connectivity index (χ0) is 26.2. The van der Waals surface area contributed by atoms with Crippen LogP contribution in [0.4, 0.5) is 0 Å². The highest BCUT2D eigenvalue weighted by atomic mass is 32.2. The van der Waals surface area contributed by atoms with Gasteiger partial charge in [0, 0.05) is 38.8 Å². The fraction of sp³-hybridized carbons (Fsp3) is 0.391. The predicted molar refractivity (Wildman–Crippen MR) is 132 cm³/mol. The molecule has 2 aromatic rings. The summed E-state index contributed by atoms with van der Waals surface area (Å²) in [5.74, 6) is 1.33. The molecule has 0 aliphatic rings. The van der Waals surface area contributed by atoms with Gasteiger partial charge in [-0.05, 0) is 31.2 Å². The van der Waals surface area contributed by atoms with Gasteiger partial charge in [-0.1, -0.05) is 12.2 Å². The minimum Gasteiger partial charge on any atom is -0.493 e. The molecule has 0 N–H and O–H groups in total. The molecule has 0 radical (unpaired) electrons. The summed E-state index contributed by atoms with van der Waals surface area (Å²) in [6, 6.07) is 8.57. The van der Waals surface area contributed by atoms with E-state index in [0.29, 0.717) is 11.5 Å². The molecular formula is C23H32N2O8S2. The van der Waals surface area contributed by atoms with E-state index in [2.05, 4.69) is 0 Å². The van der Waals surface area contributed by atoms with E-state index in [9.17, 15) is 16.8 Å². The summed E-state index contributed by atoms with van der Waals surface area (Å²) in [5.41, 5.74) is 0. The summed E-state index contributed by atoms with van der Waals surface area (Å²) in [5, 5.41) is 0. The van der Waals surface area contributed by atoms with E-state index < -0.39 is 20.0 Å². The Kier molecular flexibility index (Phi) is 9.95.